The number of benzene rings is 1. The number of nitrogens with zero attached hydrogens (tertiary/aromatic N) is 1. The molecule has 1 fully saturated rings. The Balaban J connectivity index is 2.02. The van der Waals surface area contributed by atoms with Crippen LogP contribution in [0.1, 0.15) is 36.8 Å². The van der Waals surface area contributed by atoms with E-state index in [1.165, 1.54) is 24.8 Å². The first-order valence-corrected chi connectivity index (χ1v) is 7.29. The Kier molecular flexibility index (Phi) is 5.02. The zero-order chi connectivity index (χ0) is 13.0. The van der Waals surface area contributed by atoms with E-state index < -0.39 is 0 Å². The third-order valence-corrected chi connectivity index (χ3v) is 4.12. The van der Waals surface area contributed by atoms with Gasteiger partial charge < -0.3 is 0 Å². The lowest BCUT2D eigenvalue weighted by Gasteiger charge is -2.38. The molecule has 1 aliphatic carbocycles. The summed E-state index contributed by atoms with van der Waals surface area (Å²) in [5.41, 5.74) is 2.28. The molecule has 0 aliphatic heterocycles. The molecule has 0 radical (unpaired) electrons. The Labute approximate surface area is 114 Å². The molecule has 0 N–H and O–H groups in total. The number of aryl methyl sites for hydroxylation is 1. The first kappa shape index (κ1) is 13.8. The molecule has 100 valence electrons. The average molecular weight is 270 g/mol. The normalized spacial score (nSPS) is 16.0. The maximum Gasteiger partial charge on any atom is 0.123 e. The topological polar surface area (TPSA) is 3.24 Å². The molecule has 2 rings (SSSR count). The fraction of sp³-hybridized carbons (Fsp3) is 0.600. The fourth-order valence-corrected chi connectivity index (χ4v) is 2.58. The van der Waals surface area contributed by atoms with E-state index in [1.54, 1.807) is 12.1 Å². The van der Waals surface area contributed by atoms with E-state index in [0.29, 0.717) is 11.9 Å². The molecule has 0 unspecified atom stereocenters. The molecular weight excluding hydrogens is 249 g/mol. The van der Waals surface area contributed by atoms with Gasteiger partial charge in [0.2, 0.25) is 0 Å². The van der Waals surface area contributed by atoms with Gasteiger partial charge in [-0.15, -0.1) is 11.6 Å². The lowest BCUT2D eigenvalue weighted by Crippen LogP contribution is -2.40. The average Bonchev–Trinajstić information content (AvgIpc) is 2.27. The zero-order valence-electron chi connectivity index (χ0n) is 11.0. The minimum Gasteiger partial charge on any atom is -0.296 e. The third kappa shape index (κ3) is 3.46. The highest BCUT2D eigenvalue weighted by Crippen LogP contribution is 2.27. The van der Waals surface area contributed by atoms with E-state index in [-0.39, 0.29) is 5.82 Å². The third-order valence-electron chi connectivity index (χ3n) is 3.85. The molecular formula is C15H21ClFN. The maximum absolute atomic E-state index is 13.1. The SMILES string of the molecule is Cc1cc(F)ccc1CN(CCCCl)C1CCC1. The summed E-state index contributed by atoms with van der Waals surface area (Å²) in [5.74, 6) is 0.568. The minimum absolute atomic E-state index is 0.146. The Morgan fingerprint density at radius 3 is 2.72 bits per heavy atom. The van der Waals surface area contributed by atoms with Crippen LogP contribution in [0.2, 0.25) is 0 Å². The summed E-state index contributed by atoms with van der Waals surface area (Å²) in [7, 11) is 0. The summed E-state index contributed by atoms with van der Waals surface area (Å²) < 4.78 is 13.1. The number of rotatable bonds is 6. The van der Waals surface area contributed by atoms with E-state index in [1.807, 2.05) is 13.0 Å². The van der Waals surface area contributed by atoms with Gasteiger partial charge in [0.25, 0.3) is 0 Å². The highest BCUT2D eigenvalue weighted by Gasteiger charge is 2.24. The first-order chi connectivity index (χ1) is 8.70. The molecule has 3 heteroatoms. The number of alkyl halides is 1. The summed E-state index contributed by atoms with van der Waals surface area (Å²) in [6.45, 7) is 3.96. The Hall–Kier alpha value is -0.600. The van der Waals surface area contributed by atoms with Gasteiger partial charge in [0, 0.05) is 18.5 Å². The molecule has 18 heavy (non-hydrogen) atoms. The van der Waals surface area contributed by atoms with Crippen molar-refractivity contribution in [3.8, 4) is 0 Å². The fourth-order valence-electron chi connectivity index (χ4n) is 2.46. The summed E-state index contributed by atoms with van der Waals surface area (Å²) >= 11 is 5.79. The van der Waals surface area contributed by atoms with Gasteiger partial charge in [-0.2, -0.15) is 0 Å². The first-order valence-electron chi connectivity index (χ1n) is 6.75. The lowest BCUT2D eigenvalue weighted by molar-refractivity contribution is 0.119. The highest BCUT2D eigenvalue weighted by atomic mass is 35.5. The molecule has 0 spiro atoms. The lowest BCUT2D eigenvalue weighted by atomic mass is 9.90. The monoisotopic (exact) mass is 269 g/mol. The number of hydrogen-bond acceptors (Lipinski definition) is 1. The molecule has 1 nitrogen and oxygen atoms in total. The van der Waals surface area contributed by atoms with Crippen LogP contribution in [0.15, 0.2) is 18.2 Å². The van der Waals surface area contributed by atoms with E-state index in [2.05, 4.69) is 4.90 Å². The summed E-state index contributed by atoms with van der Waals surface area (Å²) in [5, 5.41) is 0. The molecule has 1 aliphatic rings. The van der Waals surface area contributed by atoms with Crippen LogP contribution in [0.3, 0.4) is 0 Å². The van der Waals surface area contributed by atoms with Crippen molar-refractivity contribution in [1.29, 1.82) is 0 Å². The van der Waals surface area contributed by atoms with Gasteiger partial charge in [-0.1, -0.05) is 12.5 Å². The standard InChI is InChI=1S/C15H21ClFN/c1-12-10-14(17)7-6-13(12)11-18(9-3-8-16)15-4-2-5-15/h6-7,10,15H,2-5,8-9,11H2,1H3. The van der Waals surface area contributed by atoms with Crippen LogP contribution in [0.25, 0.3) is 0 Å². The summed E-state index contributed by atoms with van der Waals surface area (Å²) in [6, 6.07) is 5.80. The second-order valence-corrected chi connectivity index (χ2v) is 5.55. The molecule has 0 atom stereocenters. The highest BCUT2D eigenvalue weighted by molar-refractivity contribution is 6.17. The van der Waals surface area contributed by atoms with Crippen LogP contribution in [0.5, 0.6) is 0 Å². The van der Waals surface area contributed by atoms with Crippen LogP contribution < -0.4 is 0 Å². The summed E-state index contributed by atoms with van der Waals surface area (Å²) in [6.07, 6.45) is 4.95. The van der Waals surface area contributed by atoms with Crippen molar-refractivity contribution < 1.29 is 4.39 Å². The largest absolute Gasteiger partial charge is 0.296 e. The van der Waals surface area contributed by atoms with Gasteiger partial charge in [0.1, 0.15) is 5.82 Å². The predicted octanol–water partition coefficient (Wildman–Crippen LogP) is 4.12. The van der Waals surface area contributed by atoms with Crippen molar-refractivity contribution in [1.82, 2.24) is 4.90 Å². The minimum atomic E-state index is -0.146. The number of halogens is 2. The quantitative estimate of drug-likeness (QED) is 0.703. The van der Waals surface area contributed by atoms with Gasteiger partial charge in [0.05, 0.1) is 0 Å². The van der Waals surface area contributed by atoms with Crippen LogP contribution in [-0.4, -0.2) is 23.4 Å². The van der Waals surface area contributed by atoms with E-state index in [9.17, 15) is 4.39 Å². The molecule has 0 amide bonds. The molecule has 0 aromatic heterocycles. The van der Waals surface area contributed by atoms with Gasteiger partial charge in [-0.05, 0) is 56.0 Å². The van der Waals surface area contributed by atoms with Crippen molar-refractivity contribution in [2.75, 3.05) is 12.4 Å². The van der Waals surface area contributed by atoms with Gasteiger partial charge in [-0.25, -0.2) is 4.39 Å². The van der Waals surface area contributed by atoms with Gasteiger partial charge >= 0.3 is 0 Å². The van der Waals surface area contributed by atoms with Crippen molar-refractivity contribution in [2.45, 2.75) is 45.2 Å². The van der Waals surface area contributed by atoms with Gasteiger partial charge in [0.15, 0.2) is 0 Å². The Morgan fingerprint density at radius 1 is 1.39 bits per heavy atom. The number of hydrogen-bond donors (Lipinski definition) is 0. The molecule has 0 saturated heterocycles. The van der Waals surface area contributed by atoms with Crippen LogP contribution in [0, 0.1) is 12.7 Å². The Morgan fingerprint density at radius 2 is 2.17 bits per heavy atom. The van der Waals surface area contributed by atoms with E-state index in [0.717, 1.165) is 25.1 Å². The van der Waals surface area contributed by atoms with E-state index >= 15 is 0 Å². The predicted molar refractivity (Wildman–Crippen MR) is 74.5 cm³/mol. The maximum atomic E-state index is 13.1. The van der Waals surface area contributed by atoms with Crippen LogP contribution >= 0.6 is 11.6 Å². The summed E-state index contributed by atoms with van der Waals surface area (Å²) in [4.78, 5) is 2.51. The second-order valence-electron chi connectivity index (χ2n) is 5.17. The second kappa shape index (κ2) is 6.53. The van der Waals surface area contributed by atoms with Crippen molar-refractivity contribution in [2.24, 2.45) is 0 Å². The molecule has 0 heterocycles. The smallest absolute Gasteiger partial charge is 0.123 e. The molecule has 0 bridgehead atoms. The van der Waals surface area contributed by atoms with Crippen LogP contribution in [0.4, 0.5) is 4.39 Å². The van der Waals surface area contributed by atoms with Crippen molar-refractivity contribution in [3.05, 3.63) is 35.1 Å². The molecule has 1 aromatic carbocycles. The van der Waals surface area contributed by atoms with Crippen molar-refractivity contribution in [3.63, 3.8) is 0 Å². The Bertz CT molecular complexity index is 390. The zero-order valence-corrected chi connectivity index (χ0v) is 11.7. The van der Waals surface area contributed by atoms with Crippen LogP contribution in [-0.2, 0) is 6.54 Å². The molecule has 1 saturated carbocycles. The van der Waals surface area contributed by atoms with Crippen molar-refractivity contribution >= 4 is 11.6 Å². The van der Waals surface area contributed by atoms with Gasteiger partial charge in [-0.3, -0.25) is 4.90 Å². The molecule has 1 aromatic rings. The van der Waals surface area contributed by atoms with E-state index in [4.69, 9.17) is 11.6 Å².